The molecular formula is C19H22N2O2. The second-order valence-electron chi connectivity index (χ2n) is 5.78. The Morgan fingerprint density at radius 1 is 1.22 bits per heavy atom. The highest BCUT2D eigenvalue weighted by Crippen LogP contribution is 2.22. The fourth-order valence-corrected chi connectivity index (χ4v) is 3.10. The molecule has 0 amide bonds. The first-order valence-corrected chi connectivity index (χ1v) is 7.97. The molecule has 1 saturated heterocycles. The number of hydrogen-bond donors (Lipinski definition) is 1. The van der Waals surface area contributed by atoms with E-state index in [1.165, 1.54) is 12.7 Å². The van der Waals surface area contributed by atoms with Gasteiger partial charge in [-0.25, -0.2) is 4.79 Å². The number of nitrogens with zero attached hydrogens (tertiary/aromatic N) is 1. The van der Waals surface area contributed by atoms with Crippen LogP contribution in [-0.2, 0) is 11.2 Å². The Bertz CT molecular complexity index is 657. The molecule has 0 spiro atoms. The molecule has 0 saturated carbocycles. The third-order valence-corrected chi connectivity index (χ3v) is 4.26. The first kappa shape index (κ1) is 15.6. The molecule has 1 aliphatic heterocycles. The van der Waals surface area contributed by atoms with Crippen molar-refractivity contribution in [3.63, 3.8) is 0 Å². The van der Waals surface area contributed by atoms with Gasteiger partial charge in [0.15, 0.2) is 0 Å². The van der Waals surface area contributed by atoms with Crippen LogP contribution in [0.4, 0.5) is 5.69 Å². The normalized spacial score (nSPS) is 17.8. The van der Waals surface area contributed by atoms with Gasteiger partial charge in [0.1, 0.15) is 0 Å². The third-order valence-electron chi connectivity index (χ3n) is 4.26. The molecule has 0 unspecified atom stereocenters. The molecule has 4 heteroatoms. The maximum Gasteiger partial charge on any atom is 0.337 e. The summed E-state index contributed by atoms with van der Waals surface area (Å²) in [5.74, 6) is -0.290. The van der Waals surface area contributed by atoms with Gasteiger partial charge in [-0.15, -0.1) is 0 Å². The zero-order valence-corrected chi connectivity index (χ0v) is 13.4. The summed E-state index contributed by atoms with van der Waals surface area (Å²) in [4.78, 5) is 14.2. The van der Waals surface area contributed by atoms with Crippen molar-refractivity contribution >= 4 is 11.7 Å². The summed E-state index contributed by atoms with van der Waals surface area (Å²) in [5, 5.41) is 3.47. The van der Waals surface area contributed by atoms with Crippen LogP contribution in [0, 0.1) is 0 Å². The number of rotatable bonds is 4. The molecule has 4 nitrogen and oxygen atoms in total. The summed E-state index contributed by atoms with van der Waals surface area (Å²) < 4.78 is 4.83. The van der Waals surface area contributed by atoms with Gasteiger partial charge in [0, 0.05) is 31.4 Å². The number of methoxy groups -OCH3 is 1. The molecule has 3 rings (SSSR count). The van der Waals surface area contributed by atoms with Crippen LogP contribution < -0.4 is 10.2 Å². The first-order chi connectivity index (χ1) is 11.3. The summed E-state index contributed by atoms with van der Waals surface area (Å²) in [7, 11) is 1.41. The van der Waals surface area contributed by atoms with Gasteiger partial charge < -0.3 is 15.0 Å². The van der Waals surface area contributed by atoms with Crippen molar-refractivity contribution in [2.24, 2.45) is 0 Å². The second-order valence-corrected chi connectivity index (χ2v) is 5.78. The number of carbonyl (C=O) groups is 1. The molecule has 0 aliphatic carbocycles. The van der Waals surface area contributed by atoms with Crippen molar-refractivity contribution in [3.05, 3.63) is 65.7 Å². The highest BCUT2D eigenvalue weighted by atomic mass is 16.5. The number of ether oxygens (including phenoxy) is 1. The van der Waals surface area contributed by atoms with Crippen LogP contribution in [0.3, 0.4) is 0 Å². The van der Waals surface area contributed by atoms with E-state index in [9.17, 15) is 4.79 Å². The van der Waals surface area contributed by atoms with Crippen molar-refractivity contribution in [1.29, 1.82) is 0 Å². The Hall–Kier alpha value is -2.33. The Labute approximate surface area is 137 Å². The van der Waals surface area contributed by atoms with E-state index in [1.807, 2.05) is 18.2 Å². The summed E-state index contributed by atoms with van der Waals surface area (Å²) in [6.07, 6.45) is 0.982. The molecule has 2 aromatic carbocycles. The zero-order valence-electron chi connectivity index (χ0n) is 13.4. The van der Waals surface area contributed by atoms with Crippen LogP contribution in [0.15, 0.2) is 54.6 Å². The van der Waals surface area contributed by atoms with Crippen LogP contribution in [0.1, 0.15) is 15.9 Å². The standard InChI is InChI=1S/C19H22N2O2/c1-23-19(22)16-8-5-9-17(13-16)21-11-10-20-14-18(21)12-15-6-3-2-4-7-15/h2-9,13,18,20H,10-12,14H2,1H3/t18-/m1/s1. The molecule has 0 bridgehead atoms. The van der Waals surface area contributed by atoms with Crippen LogP contribution in [-0.4, -0.2) is 38.8 Å². The zero-order chi connectivity index (χ0) is 16.1. The van der Waals surface area contributed by atoms with Gasteiger partial charge in [-0.3, -0.25) is 0 Å². The molecule has 23 heavy (non-hydrogen) atoms. The van der Waals surface area contributed by atoms with E-state index in [2.05, 4.69) is 40.5 Å². The summed E-state index contributed by atoms with van der Waals surface area (Å²) in [6.45, 7) is 2.83. The average molecular weight is 310 g/mol. The highest BCUT2D eigenvalue weighted by Gasteiger charge is 2.23. The quantitative estimate of drug-likeness (QED) is 0.881. The number of esters is 1. The fraction of sp³-hybridized carbons (Fsp3) is 0.316. The van der Waals surface area contributed by atoms with Crippen molar-refractivity contribution in [3.8, 4) is 0 Å². The first-order valence-electron chi connectivity index (χ1n) is 7.97. The molecule has 1 aliphatic rings. The lowest BCUT2D eigenvalue weighted by Crippen LogP contribution is -2.52. The monoisotopic (exact) mass is 310 g/mol. The van der Waals surface area contributed by atoms with Crippen molar-refractivity contribution in [2.75, 3.05) is 31.6 Å². The SMILES string of the molecule is COC(=O)c1cccc(N2CCNC[C@H]2Cc2ccccc2)c1. The topological polar surface area (TPSA) is 41.6 Å². The second kappa shape index (κ2) is 7.29. The molecule has 1 heterocycles. The molecule has 0 aromatic heterocycles. The highest BCUT2D eigenvalue weighted by molar-refractivity contribution is 5.90. The predicted molar refractivity (Wildman–Crippen MR) is 91.9 cm³/mol. The van der Waals surface area contributed by atoms with Gasteiger partial charge in [0.25, 0.3) is 0 Å². The molecule has 1 fully saturated rings. The Morgan fingerprint density at radius 2 is 2.04 bits per heavy atom. The predicted octanol–water partition coefficient (Wildman–Crippen LogP) is 2.49. The molecule has 2 aromatic rings. The number of benzene rings is 2. The molecule has 0 radical (unpaired) electrons. The van der Waals surface area contributed by atoms with E-state index in [0.717, 1.165) is 31.7 Å². The average Bonchev–Trinajstić information content (AvgIpc) is 2.62. The minimum atomic E-state index is -0.290. The number of anilines is 1. The largest absolute Gasteiger partial charge is 0.465 e. The van der Waals surface area contributed by atoms with E-state index < -0.39 is 0 Å². The minimum Gasteiger partial charge on any atom is -0.465 e. The van der Waals surface area contributed by atoms with Crippen LogP contribution >= 0.6 is 0 Å². The van der Waals surface area contributed by atoms with Crippen molar-refractivity contribution < 1.29 is 9.53 Å². The number of carbonyl (C=O) groups excluding carboxylic acids is 1. The van der Waals surface area contributed by atoms with E-state index >= 15 is 0 Å². The van der Waals surface area contributed by atoms with Crippen molar-refractivity contribution in [1.82, 2.24) is 5.32 Å². The summed E-state index contributed by atoms with van der Waals surface area (Å²) >= 11 is 0. The van der Waals surface area contributed by atoms with Gasteiger partial charge in [-0.1, -0.05) is 36.4 Å². The van der Waals surface area contributed by atoms with Crippen LogP contribution in [0.5, 0.6) is 0 Å². The number of piperazine rings is 1. The van der Waals surface area contributed by atoms with Gasteiger partial charge >= 0.3 is 5.97 Å². The maximum absolute atomic E-state index is 11.8. The van der Waals surface area contributed by atoms with Crippen LogP contribution in [0.25, 0.3) is 0 Å². The number of nitrogens with one attached hydrogen (secondary N) is 1. The lowest BCUT2D eigenvalue weighted by atomic mass is 10.0. The third kappa shape index (κ3) is 3.71. The Balaban J connectivity index is 1.82. The smallest absolute Gasteiger partial charge is 0.337 e. The fourth-order valence-electron chi connectivity index (χ4n) is 3.10. The lowest BCUT2D eigenvalue weighted by Gasteiger charge is -2.38. The Kier molecular flexibility index (Phi) is 4.93. The van der Waals surface area contributed by atoms with E-state index in [1.54, 1.807) is 6.07 Å². The van der Waals surface area contributed by atoms with Gasteiger partial charge in [-0.2, -0.15) is 0 Å². The Morgan fingerprint density at radius 3 is 2.83 bits per heavy atom. The van der Waals surface area contributed by atoms with Crippen LogP contribution in [0.2, 0.25) is 0 Å². The van der Waals surface area contributed by atoms with E-state index in [4.69, 9.17) is 4.74 Å². The van der Waals surface area contributed by atoms with Gasteiger partial charge in [-0.05, 0) is 30.2 Å². The molecule has 120 valence electrons. The molecule has 1 atom stereocenters. The lowest BCUT2D eigenvalue weighted by molar-refractivity contribution is 0.0600. The molecule has 1 N–H and O–H groups in total. The molecular weight excluding hydrogens is 288 g/mol. The maximum atomic E-state index is 11.8. The minimum absolute atomic E-state index is 0.290. The van der Waals surface area contributed by atoms with Gasteiger partial charge in [0.2, 0.25) is 0 Å². The van der Waals surface area contributed by atoms with E-state index in [0.29, 0.717) is 11.6 Å². The van der Waals surface area contributed by atoms with E-state index in [-0.39, 0.29) is 5.97 Å². The number of hydrogen-bond acceptors (Lipinski definition) is 4. The van der Waals surface area contributed by atoms with Gasteiger partial charge in [0.05, 0.1) is 12.7 Å². The summed E-state index contributed by atoms with van der Waals surface area (Å²) in [5.41, 5.74) is 3.01. The van der Waals surface area contributed by atoms with Crippen molar-refractivity contribution in [2.45, 2.75) is 12.5 Å². The summed E-state index contributed by atoms with van der Waals surface area (Å²) in [6, 6.07) is 18.6.